The van der Waals surface area contributed by atoms with Crippen molar-refractivity contribution in [2.45, 2.75) is 13.8 Å². The number of fused-ring (bicyclic) bond motifs is 1. The fraction of sp³-hybridized carbons (Fsp3) is 0.0870. The Hall–Kier alpha value is -3.78. The number of hydrazone groups is 1. The Labute approximate surface area is 183 Å². The lowest BCUT2D eigenvalue weighted by molar-refractivity contribution is -0.114. The van der Waals surface area contributed by atoms with Gasteiger partial charge in [-0.3, -0.25) is 15.2 Å². The number of amides is 1. The van der Waals surface area contributed by atoms with Crippen molar-refractivity contribution in [3.8, 4) is 5.69 Å². The highest BCUT2D eigenvalue weighted by Crippen LogP contribution is 2.31. The van der Waals surface area contributed by atoms with Gasteiger partial charge in [-0.05, 0) is 67.6 Å². The van der Waals surface area contributed by atoms with E-state index < -0.39 is 5.91 Å². The second kappa shape index (κ2) is 7.48. The average molecular weight is 427 g/mol. The second-order valence-electron chi connectivity index (χ2n) is 7.16. The molecule has 7 nitrogen and oxygen atoms in total. The Morgan fingerprint density at radius 2 is 1.90 bits per heavy atom. The molecule has 1 N–H and O–H groups in total. The number of aromatic nitrogens is 2. The highest BCUT2D eigenvalue weighted by Gasteiger charge is 2.36. The van der Waals surface area contributed by atoms with Crippen LogP contribution in [0.2, 0.25) is 0 Å². The molecule has 4 heterocycles. The van der Waals surface area contributed by atoms with Crippen molar-refractivity contribution in [3.05, 3.63) is 89.0 Å². The molecule has 31 heavy (non-hydrogen) atoms. The molecule has 1 amide bonds. The van der Waals surface area contributed by atoms with Gasteiger partial charge in [-0.2, -0.15) is 15.1 Å². The third kappa shape index (κ3) is 3.30. The maximum atomic E-state index is 12.8. The second-order valence-corrected chi connectivity index (χ2v) is 8.12. The van der Waals surface area contributed by atoms with Gasteiger partial charge in [0.15, 0.2) is 5.84 Å². The van der Waals surface area contributed by atoms with E-state index in [1.807, 2.05) is 62.4 Å². The molecule has 2 aliphatic rings. The molecule has 152 valence electrons. The summed E-state index contributed by atoms with van der Waals surface area (Å²) in [6.45, 7) is 4.02. The zero-order chi connectivity index (χ0) is 21.5. The summed E-state index contributed by atoms with van der Waals surface area (Å²) in [5.41, 5.74) is 4.99. The van der Waals surface area contributed by atoms with Gasteiger partial charge in [0.05, 0.1) is 5.57 Å². The van der Waals surface area contributed by atoms with Crippen molar-refractivity contribution in [2.24, 2.45) is 10.1 Å². The lowest BCUT2D eigenvalue weighted by atomic mass is 10.1. The molecule has 0 fully saturated rings. The molecule has 2 aliphatic heterocycles. The summed E-state index contributed by atoms with van der Waals surface area (Å²) in [6.07, 6.45) is 5.12. The van der Waals surface area contributed by atoms with Crippen molar-refractivity contribution in [1.82, 2.24) is 14.6 Å². The van der Waals surface area contributed by atoms with Crippen molar-refractivity contribution >= 4 is 39.8 Å². The molecule has 3 aromatic rings. The first kappa shape index (κ1) is 19.2. The van der Waals surface area contributed by atoms with E-state index in [0.717, 1.165) is 28.2 Å². The molecular formula is C23H18N6OS. The highest BCUT2D eigenvalue weighted by atomic mass is 32.2. The van der Waals surface area contributed by atoms with E-state index in [9.17, 15) is 4.79 Å². The maximum absolute atomic E-state index is 12.8. The average Bonchev–Trinajstić information content (AvgIpc) is 3.33. The van der Waals surface area contributed by atoms with Crippen molar-refractivity contribution in [2.75, 3.05) is 0 Å². The number of thioether (sulfide) groups is 1. The Bertz CT molecular complexity index is 1300. The normalized spacial score (nSPS) is 17.1. The van der Waals surface area contributed by atoms with Gasteiger partial charge < -0.3 is 4.57 Å². The van der Waals surface area contributed by atoms with E-state index in [-0.39, 0.29) is 11.4 Å². The highest BCUT2D eigenvalue weighted by molar-refractivity contribution is 8.27. The molecule has 5 rings (SSSR count). The van der Waals surface area contributed by atoms with Crippen LogP contribution >= 0.6 is 11.8 Å². The van der Waals surface area contributed by atoms with Crippen LogP contribution in [0, 0.1) is 19.3 Å². The Morgan fingerprint density at radius 1 is 1.10 bits per heavy atom. The molecule has 0 aliphatic carbocycles. The first-order valence-electron chi connectivity index (χ1n) is 9.68. The van der Waals surface area contributed by atoms with Crippen LogP contribution in [0.5, 0.6) is 0 Å². The van der Waals surface area contributed by atoms with Gasteiger partial charge in [0.1, 0.15) is 5.04 Å². The smallest absolute Gasteiger partial charge is 0.283 e. The fourth-order valence-corrected chi connectivity index (χ4v) is 4.54. The molecule has 8 heteroatoms. The molecule has 0 saturated carbocycles. The molecule has 1 aromatic carbocycles. The summed E-state index contributed by atoms with van der Waals surface area (Å²) in [5, 5.41) is 15.6. The minimum atomic E-state index is -0.434. The van der Waals surface area contributed by atoms with Gasteiger partial charge in [0, 0.05) is 35.0 Å². The molecular weight excluding hydrogens is 408 g/mol. The maximum Gasteiger partial charge on any atom is 0.283 e. The Kier molecular flexibility index (Phi) is 4.63. The van der Waals surface area contributed by atoms with Crippen LogP contribution in [-0.2, 0) is 4.79 Å². The number of aryl methyl sites for hydroxylation is 1. The Balaban J connectivity index is 1.52. The summed E-state index contributed by atoms with van der Waals surface area (Å²) < 4.78 is 2.13. The van der Waals surface area contributed by atoms with E-state index in [0.29, 0.717) is 10.2 Å². The van der Waals surface area contributed by atoms with Crippen LogP contribution < -0.4 is 0 Å². The number of amidine groups is 2. The first-order chi connectivity index (χ1) is 15.0. The zero-order valence-electron chi connectivity index (χ0n) is 16.9. The molecule has 0 atom stereocenters. The summed E-state index contributed by atoms with van der Waals surface area (Å²) in [6, 6.07) is 15.8. The SMILES string of the molecule is Cc1cc(/C=C2/C(=N)N3N=C(c4cccnc4)SC3=NC2=O)c(C)n1-c1ccccc1. The van der Waals surface area contributed by atoms with Crippen LogP contribution in [0.25, 0.3) is 11.8 Å². The quantitative estimate of drug-likeness (QED) is 0.637. The molecule has 0 unspecified atom stereocenters. The summed E-state index contributed by atoms with van der Waals surface area (Å²) in [7, 11) is 0. The van der Waals surface area contributed by atoms with E-state index in [1.54, 1.807) is 18.5 Å². The van der Waals surface area contributed by atoms with E-state index >= 15 is 0 Å². The Morgan fingerprint density at radius 3 is 2.65 bits per heavy atom. The summed E-state index contributed by atoms with van der Waals surface area (Å²) in [5.74, 6) is -0.415. The van der Waals surface area contributed by atoms with Crippen LogP contribution in [0.4, 0.5) is 0 Å². The number of rotatable bonds is 3. The number of benzene rings is 1. The largest absolute Gasteiger partial charge is 0.318 e. The number of hydrogen-bond acceptors (Lipinski definition) is 5. The predicted octanol–water partition coefficient (Wildman–Crippen LogP) is 4.16. The van der Waals surface area contributed by atoms with Gasteiger partial charge >= 0.3 is 0 Å². The van der Waals surface area contributed by atoms with Crippen LogP contribution in [0.15, 0.2) is 76.6 Å². The monoisotopic (exact) mass is 426 g/mol. The van der Waals surface area contributed by atoms with Crippen LogP contribution in [0.3, 0.4) is 0 Å². The number of carbonyl (C=O) groups excluding carboxylic acids is 1. The van der Waals surface area contributed by atoms with Gasteiger partial charge in [-0.1, -0.05) is 18.2 Å². The lowest BCUT2D eigenvalue weighted by Crippen LogP contribution is -2.35. The van der Waals surface area contributed by atoms with Gasteiger partial charge in [0.2, 0.25) is 5.17 Å². The number of pyridine rings is 1. The van der Waals surface area contributed by atoms with Crippen molar-refractivity contribution < 1.29 is 4.79 Å². The van der Waals surface area contributed by atoms with Gasteiger partial charge in [-0.15, -0.1) is 0 Å². The standard InChI is InChI=1S/C23H18N6OS/c1-14-11-17(15(2)28(14)18-8-4-3-5-9-18)12-19-20(24)29-23(26-21(19)30)31-22(27-29)16-7-6-10-25-13-16/h3-13,24H,1-2H3/b19-12-,24-20?. The lowest BCUT2D eigenvalue weighted by Gasteiger charge is -2.20. The van der Waals surface area contributed by atoms with Crippen LogP contribution in [-0.4, -0.2) is 36.5 Å². The zero-order valence-corrected chi connectivity index (χ0v) is 17.7. The molecule has 0 saturated heterocycles. The first-order valence-corrected chi connectivity index (χ1v) is 10.5. The van der Waals surface area contributed by atoms with Crippen LogP contribution in [0.1, 0.15) is 22.5 Å². The van der Waals surface area contributed by atoms with E-state index in [1.165, 1.54) is 16.8 Å². The third-order valence-electron chi connectivity index (χ3n) is 5.15. The van der Waals surface area contributed by atoms with E-state index in [4.69, 9.17) is 5.41 Å². The van der Waals surface area contributed by atoms with E-state index in [2.05, 4.69) is 19.6 Å². The van der Waals surface area contributed by atoms with Gasteiger partial charge in [-0.25, -0.2) is 0 Å². The number of para-hydroxylation sites is 1. The minimum absolute atomic E-state index is 0.0194. The number of hydrogen-bond donors (Lipinski definition) is 1. The summed E-state index contributed by atoms with van der Waals surface area (Å²) in [4.78, 5) is 21.1. The molecule has 0 spiro atoms. The number of nitrogens with one attached hydrogen (secondary N) is 1. The topological polar surface area (TPSA) is 86.7 Å². The minimum Gasteiger partial charge on any atom is -0.318 e. The fourth-order valence-electron chi connectivity index (χ4n) is 3.66. The van der Waals surface area contributed by atoms with Crippen molar-refractivity contribution in [3.63, 3.8) is 0 Å². The third-order valence-corrected chi connectivity index (χ3v) is 6.10. The number of aliphatic imine (C=N–C) groups is 1. The predicted molar refractivity (Wildman–Crippen MR) is 124 cm³/mol. The molecule has 2 aromatic heterocycles. The number of carbonyl (C=O) groups is 1. The molecule has 0 bridgehead atoms. The van der Waals surface area contributed by atoms with Gasteiger partial charge in [0.25, 0.3) is 5.91 Å². The summed E-state index contributed by atoms with van der Waals surface area (Å²) >= 11 is 1.26. The van der Waals surface area contributed by atoms with Crippen molar-refractivity contribution in [1.29, 1.82) is 5.41 Å². The molecule has 0 radical (unpaired) electrons. The number of nitrogens with zero attached hydrogens (tertiary/aromatic N) is 5.